The first kappa shape index (κ1) is 12.4. The Bertz CT molecular complexity index is 616. The summed E-state index contributed by atoms with van der Waals surface area (Å²) < 4.78 is 9.85. The molecule has 0 radical (unpaired) electrons. The van der Waals surface area contributed by atoms with Gasteiger partial charge in [0.05, 0.1) is 5.39 Å². The van der Waals surface area contributed by atoms with E-state index in [2.05, 4.69) is 4.89 Å². The fourth-order valence-electron chi connectivity index (χ4n) is 1.60. The summed E-state index contributed by atoms with van der Waals surface area (Å²) in [6, 6.07) is 5.01. The lowest BCUT2D eigenvalue weighted by molar-refractivity contribution is -0.246. The number of benzene rings is 1. The summed E-state index contributed by atoms with van der Waals surface area (Å²) in [5, 5.41) is 18.7. The zero-order chi connectivity index (χ0) is 13.1. The predicted octanol–water partition coefficient (Wildman–Crippen LogP) is 1.68. The van der Waals surface area contributed by atoms with Gasteiger partial charge < -0.3 is 14.3 Å². The van der Waals surface area contributed by atoms with E-state index < -0.39 is 5.63 Å². The van der Waals surface area contributed by atoms with Crippen LogP contribution in [0.25, 0.3) is 10.8 Å². The smallest absolute Gasteiger partial charge is 0.346 e. The number of hydrogen-bond acceptors (Lipinski definition) is 6. The summed E-state index contributed by atoms with van der Waals surface area (Å²) in [4.78, 5) is 15.5. The molecule has 0 saturated heterocycles. The molecule has 2 aromatic rings. The van der Waals surface area contributed by atoms with Crippen LogP contribution in [0.15, 0.2) is 27.4 Å². The maximum atomic E-state index is 11.7. The molecule has 0 aliphatic rings. The monoisotopic (exact) mass is 252 g/mol. The Kier molecular flexibility index (Phi) is 3.50. The number of rotatable bonds is 4. The molecular weight excluding hydrogens is 240 g/mol. The van der Waals surface area contributed by atoms with E-state index in [1.807, 2.05) is 6.92 Å². The van der Waals surface area contributed by atoms with Gasteiger partial charge in [-0.2, -0.15) is 0 Å². The van der Waals surface area contributed by atoms with Gasteiger partial charge in [0.2, 0.25) is 5.75 Å². The molecule has 0 aliphatic heterocycles. The Labute approximate surface area is 102 Å². The van der Waals surface area contributed by atoms with Crippen LogP contribution < -0.4 is 10.4 Å². The third kappa shape index (κ3) is 2.29. The highest BCUT2D eigenvalue weighted by atomic mass is 17.1. The number of aromatic hydroxyl groups is 1. The van der Waals surface area contributed by atoms with E-state index in [0.29, 0.717) is 10.8 Å². The average Bonchev–Trinajstić information content (AvgIpc) is 2.35. The minimum atomic E-state index is -0.591. The second-order valence-corrected chi connectivity index (χ2v) is 3.76. The molecule has 0 unspecified atom stereocenters. The van der Waals surface area contributed by atoms with Crippen LogP contribution in [0.2, 0.25) is 0 Å². The van der Waals surface area contributed by atoms with Crippen LogP contribution in [0.3, 0.4) is 0 Å². The molecule has 0 bridgehead atoms. The molecule has 0 spiro atoms. The Morgan fingerprint density at radius 2 is 2.06 bits per heavy atom. The third-order valence-corrected chi connectivity index (χ3v) is 2.44. The van der Waals surface area contributed by atoms with Gasteiger partial charge in [0.15, 0.2) is 0 Å². The van der Waals surface area contributed by atoms with Gasteiger partial charge >= 0.3 is 11.6 Å². The van der Waals surface area contributed by atoms with Crippen LogP contribution in [-0.2, 0) is 4.89 Å². The van der Waals surface area contributed by atoms with Crippen molar-refractivity contribution in [3.8, 4) is 11.7 Å². The average molecular weight is 252 g/mol. The van der Waals surface area contributed by atoms with Gasteiger partial charge in [-0.1, -0.05) is 11.6 Å². The highest BCUT2D eigenvalue weighted by Crippen LogP contribution is 2.32. The number of fused-ring (bicyclic) bond motifs is 1. The third-order valence-electron chi connectivity index (χ3n) is 2.44. The topological polar surface area (TPSA) is 89.1 Å². The van der Waals surface area contributed by atoms with E-state index in [4.69, 9.17) is 14.4 Å². The molecule has 2 N–H and O–H groups in total. The Morgan fingerprint density at radius 3 is 2.78 bits per heavy atom. The fourth-order valence-corrected chi connectivity index (χ4v) is 1.60. The van der Waals surface area contributed by atoms with Crippen LogP contribution >= 0.6 is 0 Å². The van der Waals surface area contributed by atoms with Crippen LogP contribution in [0.5, 0.6) is 11.7 Å². The van der Waals surface area contributed by atoms with E-state index in [1.54, 1.807) is 18.2 Å². The summed E-state index contributed by atoms with van der Waals surface area (Å²) in [7, 11) is 0. The second-order valence-electron chi connectivity index (χ2n) is 3.76. The van der Waals surface area contributed by atoms with E-state index in [1.165, 1.54) is 0 Å². The molecule has 0 amide bonds. The summed E-state index contributed by atoms with van der Waals surface area (Å²) >= 11 is 0. The molecule has 0 aliphatic carbocycles. The predicted molar refractivity (Wildman–Crippen MR) is 63.0 cm³/mol. The molecule has 6 nitrogen and oxygen atoms in total. The van der Waals surface area contributed by atoms with Crippen LogP contribution in [0, 0.1) is 6.92 Å². The molecular formula is C12H12O6. The van der Waals surface area contributed by atoms with Gasteiger partial charge in [-0.3, -0.25) is 5.26 Å². The van der Waals surface area contributed by atoms with Crippen molar-refractivity contribution < 1.29 is 24.4 Å². The van der Waals surface area contributed by atoms with Crippen molar-refractivity contribution in [3.63, 3.8) is 0 Å². The second kappa shape index (κ2) is 5.07. The van der Waals surface area contributed by atoms with Crippen LogP contribution in [0.4, 0.5) is 0 Å². The maximum absolute atomic E-state index is 11.7. The van der Waals surface area contributed by atoms with Gasteiger partial charge in [-0.05, 0) is 19.1 Å². The van der Waals surface area contributed by atoms with Crippen LogP contribution in [0.1, 0.15) is 5.56 Å². The zero-order valence-electron chi connectivity index (χ0n) is 9.67. The van der Waals surface area contributed by atoms with Gasteiger partial charge in [-0.25, -0.2) is 9.68 Å². The molecule has 6 heteroatoms. The minimum Gasteiger partial charge on any atom is -0.501 e. The van der Waals surface area contributed by atoms with Gasteiger partial charge in [0.25, 0.3) is 0 Å². The zero-order valence-corrected chi connectivity index (χ0v) is 9.67. The molecule has 0 fully saturated rings. The van der Waals surface area contributed by atoms with Crippen molar-refractivity contribution in [1.29, 1.82) is 0 Å². The van der Waals surface area contributed by atoms with Crippen molar-refractivity contribution in [1.82, 2.24) is 0 Å². The lowest BCUT2D eigenvalue weighted by Gasteiger charge is -2.07. The van der Waals surface area contributed by atoms with Crippen molar-refractivity contribution in [2.24, 2.45) is 0 Å². The number of hydrogen-bond donors (Lipinski definition) is 2. The first-order valence-corrected chi connectivity index (χ1v) is 5.29. The SMILES string of the molecule is Cc1ccc2c(O)c(OCCOO)oc(=O)c2c1. The highest BCUT2D eigenvalue weighted by Gasteiger charge is 2.14. The van der Waals surface area contributed by atoms with E-state index in [-0.39, 0.29) is 24.9 Å². The van der Waals surface area contributed by atoms with Gasteiger partial charge in [-0.15, -0.1) is 0 Å². The van der Waals surface area contributed by atoms with E-state index in [0.717, 1.165) is 5.56 Å². The Morgan fingerprint density at radius 1 is 1.28 bits per heavy atom. The van der Waals surface area contributed by atoms with Gasteiger partial charge in [0, 0.05) is 5.39 Å². The lowest BCUT2D eigenvalue weighted by Crippen LogP contribution is -2.08. The first-order valence-electron chi connectivity index (χ1n) is 5.29. The van der Waals surface area contributed by atoms with Crippen LogP contribution in [-0.4, -0.2) is 23.6 Å². The molecule has 0 atom stereocenters. The standard InChI is InChI=1S/C12H12O6/c1-7-2-3-8-9(6-7)11(14)18-12(10(8)13)16-4-5-17-15/h2-3,6,13,15H,4-5H2,1H3. The first-order chi connectivity index (χ1) is 8.63. The molecule has 96 valence electrons. The molecule has 1 aromatic carbocycles. The van der Waals surface area contributed by atoms with Crippen molar-refractivity contribution in [2.45, 2.75) is 6.92 Å². The van der Waals surface area contributed by atoms with E-state index >= 15 is 0 Å². The molecule has 1 aromatic heterocycles. The van der Waals surface area contributed by atoms with Crippen molar-refractivity contribution in [3.05, 3.63) is 34.2 Å². The summed E-state index contributed by atoms with van der Waals surface area (Å²) in [6.07, 6.45) is 0. The number of aryl methyl sites for hydroxylation is 1. The fraction of sp³-hybridized carbons (Fsp3) is 0.250. The largest absolute Gasteiger partial charge is 0.501 e. The number of ether oxygens (including phenoxy) is 1. The Hall–Kier alpha value is -2.05. The molecule has 18 heavy (non-hydrogen) atoms. The van der Waals surface area contributed by atoms with Gasteiger partial charge in [0.1, 0.15) is 13.2 Å². The molecule has 2 rings (SSSR count). The van der Waals surface area contributed by atoms with Crippen molar-refractivity contribution >= 4 is 10.8 Å². The maximum Gasteiger partial charge on any atom is 0.346 e. The lowest BCUT2D eigenvalue weighted by atomic mass is 10.1. The highest BCUT2D eigenvalue weighted by molar-refractivity contribution is 5.88. The molecule has 1 heterocycles. The molecule has 0 saturated carbocycles. The van der Waals surface area contributed by atoms with Crippen molar-refractivity contribution in [2.75, 3.05) is 13.2 Å². The summed E-state index contributed by atoms with van der Waals surface area (Å²) in [5.74, 6) is -0.532. The summed E-state index contributed by atoms with van der Waals surface area (Å²) in [5.41, 5.74) is 0.294. The quantitative estimate of drug-likeness (QED) is 0.489. The summed E-state index contributed by atoms with van der Waals surface area (Å²) in [6.45, 7) is 1.68. The van der Waals surface area contributed by atoms with E-state index in [9.17, 15) is 9.90 Å². The Balaban J connectivity index is 2.48. The normalized spacial score (nSPS) is 10.8. The minimum absolute atomic E-state index is 0.0512.